The molecule has 1 aliphatic heterocycles. The van der Waals surface area contributed by atoms with Gasteiger partial charge in [0, 0.05) is 32.3 Å². The lowest BCUT2D eigenvalue weighted by atomic mass is 10.1. The molecule has 25 heavy (non-hydrogen) atoms. The molecule has 1 aromatic carbocycles. The van der Waals surface area contributed by atoms with Crippen LogP contribution < -0.4 is 20.7 Å². The van der Waals surface area contributed by atoms with E-state index in [1.165, 1.54) is 7.11 Å². The van der Waals surface area contributed by atoms with Gasteiger partial charge in [0.15, 0.2) is 0 Å². The predicted octanol–water partition coefficient (Wildman–Crippen LogP) is 1.94. The maximum atomic E-state index is 12.2. The van der Waals surface area contributed by atoms with E-state index >= 15 is 0 Å². The molecule has 2 rings (SSSR count). The number of halogens is 1. The van der Waals surface area contributed by atoms with Gasteiger partial charge in [0.05, 0.1) is 25.3 Å². The van der Waals surface area contributed by atoms with E-state index in [9.17, 15) is 9.59 Å². The van der Waals surface area contributed by atoms with E-state index in [1.807, 2.05) is 0 Å². The van der Waals surface area contributed by atoms with E-state index in [0.29, 0.717) is 30.1 Å². The van der Waals surface area contributed by atoms with Gasteiger partial charge < -0.3 is 25.4 Å². The van der Waals surface area contributed by atoms with Crippen LogP contribution in [0, 0.1) is 0 Å². The number of methoxy groups -OCH3 is 2. The Morgan fingerprint density at radius 1 is 1.36 bits per heavy atom. The minimum absolute atomic E-state index is 0. The largest absolute Gasteiger partial charge is 0.495 e. The highest BCUT2D eigenvalue weighted by Crippen LogP contribution is 2.33. The maximum absolute atomic E-state index is 12.2. The van der Waals surface area contributed by atoms with Crippen LogP contribution in [0.4, 0.5) is 11.4 Å². The smallest absolute Gasteiger partial charge is 0.227 e. The Kier molecular flexibility index (Phi) is 8.68. The molecule has 0 aliphatic carbocycles. The number of piperidine rings is 1. The van der Waals surface area contributed by atoms with Crippen LogP contribution in [0.15, 0.2) is 18.2 Å². The van der Waals surface area contributed by atoms with E-state index in [1.54, 1.807) is 30.2 Å². The Hall–Kier alpha value is -1.83. The first kappa shape index (κ1) is 21.2. The summed E-state index contributed by atoms with van der Waals surface area (Å²) in [5, 5.41) is 2.82. The Labute approximate surface area is 154 Å². The fraction of sp³-hybridized carbons (Fsp3) is 0.529. The number of hydrogen-bond acceptors (Lipinski definition) is 5. The second-order valence-corrected chi connectivity index (χ2v) is 5.73. The van der Waals surface area contributed by atoms with Crippen molar-refractivity contribution in [2.75, 3.05) is 37.5 Å². The molecule has 7 nitrogen and oxygen atoms in total. The molecule has 1 atom stereocenters. The van der Waals surface area contributed by atoms with Crippen molar-refractivity contribution in [3.63, 3.8) is 0 Å². The summed E-state index contributed by atoms with van der Waals surface area (Å²) in [6, 6.07) is 5.27. The zero-order valence-corrected chi connectivity index (χ0v) is 15.4. The topological polar surface area (TPSA) is 93.9 Å². The average molecular weight is 372 g/mol. The second kappa shape index (κ2) is 10.2. The molecule has 0 spiro atoms. The lowest BCUT2D eigenvalue weighted by Gasteiger charge is -2.28. The van der Waals surface area contributed by atoms with Gasteiger partial charge in [0.25, 0.3) is 0 Å². The highest BCUT2D eigenvalue weighted by Gasteiger charge is 2.23. The summed E-state index contributed by atoms with van der Waals surface area (Å²) in [6.07, 6.45) is 2.26. The molecular weight excluding hydrogens is 346 g/mol. The number of hydrogen-bond donors (Lipinski definition) is 2. The summed E-state index contributed by atoms with van der Waals surface area (Å²) in [7, 11) is 3.09. The molecule has 2 amide bonds. The van der Waals surface area contributed by atoms with Crippen LogP contribution >= 0.6 is 12.4 Å². The average Bonchev–Trinajstić information content (AvgIpc) is 2.60. The van der Waals surface area contributed by atoms with Gasteiger partial charge in [-0.05, 0) is 31.0 Å². The van der Waals surface area contributed by atoms with Crippen molar-refractivity contribution in [3.05, 3.63) is 18.2 Å². The summed E-state index contributed by atoms with van der Waals surface area (Å²) in [6.45, 7) is 0.936. The standard InChI is InChI=1S/C17H25N3O4.ClH/c1-23-13(11-18)10-16(21)19-12-6-7-15(24-2)14(9-12)20-8-4-3-5-17(20)22;/h6-7,9,13H,3-5,8,10-11,18H2,1-2H3,(H,19,21);1H. The Balaban J connectivity index is 0.00000312. The van der Waals surface area contributed by atoms with Crippen LogP contribution in [-0.2, 0) is 14.3 Å². The van der Waals surface area contributed by atoms with Gasteiger partial charge >= 0.3 is 0 Å². The first-order valence-electron chi connectivity index (χ1n) is 8.10. The second-order valence-electron chi connectivity index (χ2n) is 5.73. The number of carbonyl (C=O) groups is 2. The lowest BCUT2D eigenvalue weighted by Crippen LogP contribution is -2.35. The van der Waals surface area contributed by atoms with Gasteiger partial charge in [-0.15, -0.1) is 12.4 Å². The zero-order chi connectivity index (χ0) is 17.5. The number of nitrogens with two attached hydrogens (primary N) is 1. The van der Waals surface area contributed by atoms with Gasteiger partial charge in [-0.3, -0.25) is 9.59 Å². The highest BCUT2D eigenvalue weighted by atomic mass is 35.5. The van der Waals surface area contributed by atoms with Crippen molar-refractivity contribution in [3.8, 4) is 5.75 Å². The van der Waals surface area contributed by atoms with E-state index < -0.39 is 0 Å². The minimum Gasteiger partial charge on any atom is -0.495 e. The van der Waals surface area contributed by atoms with Crippen molar-refractivity contribution in [1.29, 1.82) is 0 Å². The third-order valence-electron chi connectivity index (χ3n) is 4.09. The van der Waals surface area contributed by atoms with Gasteiger partial charge in [0.1, 0.15) is 5.75 Å². The summed E-state index contributed by atoms with van der Waals surface area (Å²) in [4.78, 5) is 26.0. The van der Waals surface area contributed by atoms with Crippen LogP contribution in [0.2, 0.25) is 0 Å². The van der Waals surface area contributed by atoms with Gasteiger partial charge in [0.2, 0.25) is 11.8 Å². The molecule has 0 aromatic heterocycles. The number of anilines is 2. The molecule has 1 saturated heterocycles. The normalized spacial score (nSPS) is 15.3. The Bertz CT molecular complexity index is 593. The van der Waals surface area contributed by atoms with Gasteiger partial charge in [-0.1, -0.05) is 0 Å². The van der Waals surface area contributed by atoms with E-state index in [2.05, 4.69) is 5.32 Å². The minimum atomic E-state index is -0.314. The van der Waals surface area contributed by atoms with E-state index in [4.69, 9.17) is 15.2 Å². The molecule has 140 valence electrons. The van der Waals surface area contributed by atoms with Crippen molar-refractivity contribution in [2.24, 2.45) is 5.73 Å². The van der Waals surface area contributed by atoms with Crippen molar-refractivity contribution >= 4 is 35.6 Å². The highest BCUT2D eigenvalue weighted by molar-refractivity contribution is 5.97. The van der Waals surface area contributed by atoms with Crippen molar-refractivity contribution in [2.45, 2.75) is 31.8 Å². The molecule has 0 radical (unpaired) electrons. The number of nitrogens with zero attached hydrogens (tertiary/aromatic N) is 1. The molecule has 1 heterocycles. The monoisotopic (exact) mass is 371 g/mol. The lowest BCUT2D eigenvalue weighted by molar-refractivity contribution is -0.119. The summed E-state index contributed by atoms with van der Waals surface area (Å²) in [5.41, 5.74) is 6.83. The zero-order valence-electron chi connectivity index (χ0n) is 14.6. The molecule has 0 bridgehead atoms. The SMILES string of the molecule is COc1ccc(NC(=O)CC(CN)OC)cc1N1CCCCC1=O.Cl. The molecule has 1 aliphatic rings. The van der Waals surface area contributed by atoms with E-state index in [-0.39, 0.29) is 43.3 Å². The molecule has 8 heteroatoms. The number of nitrogens with one attached hydrogen (secondary N) is 1. The Morgan fingerprint density at radius 3 is 2.72 bits per heavy atom. The molecule has 1 fully saturated rings. The summed E-state index contributed by atoms with van der Waals surface area (Å²) >= 11 is 0. The fourth-order valence-corrected chi connectivity index (χ4v) is 2.72. The number of benzene rings is 1. The number of ether oxygens (including phenoxy) is 2. The molecule has 1 aromatic rings. The Morgan fingerprint density at radius 2 is 2.12 bits per heavy atom. The third-order valence-corrected chi connectivity index (χ3v) is 4.09. The van der Waals surface area contributed by atoms with E-state index in [0.717, 1.165) is 12.8 Å². The quantitative estimate of drug-likeness (QED) is 0.763. The summed E-state index contributed by atoms with van der Waals surface area (Å²) in [5.74, 6) is 0.499. The van der Waals surface area contributed by atoms with Crippen LogP contribution in [0.3, 0.4) is 0 Å². The first-order chi connectivity index (χ1) is 11.6. The van der Waals surface area contributed by atoms with Crippen LogP contribution in [0.1, 0.15) is 25.7 Å². The van der Waals surface area contributed by atoms with Crippen LogP contribution in [-0.4, -0.2) is 45.2 Å². The number of rotatable bonds is 7. The van der Waals surface area contributed by atoms with Gasteiger partial charge in [-0.25, -0.2) is 0 Å². The summed E-state index contributed by atoms with van der Waals surface area (Å²) < 4.78 is 10.5. The molecule has 3 N–H and O–H groups in total. The fourth-order valence-electron chi connectivity index (χ4n) is 2.72. The molecular formula is C17H26ClN3O4. The van der Waals surface area contributed by atoms with Crippen molar-refractivity contribution in [1.82, 2.24) is 0 Å². The molecule has 0 saturated carbocycles. The number of amides is 2. The van der Waals surface area contributed by atoms with Gasteiger partial charge in [-0.2, -0.15) is 0 Å². The third kappa shape index (κ3) is 5.59. The van der Waals surface area contributed by atoms with Crippen LogP contribution in [0.25, 0.3) is 0 Å². The first-order valence-corrected chi connectivity index (χ1v) is 8.10. The predicted molar refractivity (Wildman–Crippen MR) is 99.5 cm³/mol. The van der Waals surface area contributed by atoms with Crippen molar-refractivity contribution < 1.29 is 19.1 Å². The maximum Gasteiger partial charge on any atom is 0.227 e. The van der Waals surface area contributed by atoms with Crippen LogP contribution in [0.5, 0.6) is 5.75 Å². The number of carbonyl (C=O) groups excluding carboxylic acids is 2. The molecule has 1 unspecified atom stereocenters.